The molecule has 4 N–H and O–H groups in total. The summed E-state index contributed by atoms with van der Waals surface area (Å²) in [6.07, 6.45) is 0.562. The van der Waals surface area contributed by atoms with Crippen LogP contribution in [0.3, 0.4) is 0 Å². The highest BCUT2D eigenvalue weighted by Crippen LogP contribution is 2.52. The number of aliphatic hydroxyl groups is 1. The molecule has 0 aromatic carbocycles. The molecular weight excluding hydrogens is 285 g/mol. The third-order valence-electron chi connectivity index (χ3n) is 2.44. The van der Waals surface area contributed by atoms with Crippen LogP contribution in [0.15, 0.2) is 24.4 Å². The van der Waals surface area contributed by atoms with Crippen molar-refractivity contribution in [2.75, 3.05) is 0 Å². The number of rotatable bonds is 4. The standard InChI is InChI=1S/C8H12NO7PS/c1-9-5-3-2-4-7(9)6-8(10,17(11,12)13)18(14,15)16/h2-5,10H,6H2,1H3,(H2-,11,12,13,14,15,16)/p+1. The summed E-state index contributed by atoms with van der Waals surface area (Å²) < 4.78 is 39.8. The quantitative estimate of drug-likeness (QED) is 0.310. The van der Waals surface area contributed by atoms with Crippen LogP contribution < -0.4 is 4.57 Å². The van der Waals surface area contributed by atoms with E-state index in [-0.39, 0.29) is 5.69 Å². The summed E-state index contributed by atoms with van der Waals surface area (Å²) in [7, 11) is -9.35. The third kappa shape index (κ3) is 2.77. The molecule has 1 unspecified atom stereocenters. The van der Waals surface area contributed by atoms with E-state index in [0.29, 0.717) is 0 Å². The molecule has 1 atom stereocenters. The average molecular weight is 298 g/mol. The normalized spacial score (nSPS) is 16.3. The lowest BCUT2D eigenvalue weighted by molar-refractivity contribution is -0.679. The van der Waals surface area contributed by atoms with Gasteiger partial charge in [0.1, 0.15) is 7.05 Å². The predicted octanol–water partition coefficient (Wildman–Crippen LogP) is -1.23. The predicted molar refractivity (Wildman–Crippen MR) is 59.9 cm³/mol. The molecule has 1 heterocycles. The summed E-state index contributed by atoms with van der Waals surface area (Å²) in [6, 6.07) is 4.47. The molecule has 102 valence electrons. The van der Waals surface area contributed by atoms with Crippen LogP contribution in [0.2, 0.25) is 0 Å². The molecule has 1 aromatic rings. The number of nitrogens with zero attached hydrogens (tertiary/aromatic N) is 1. The molecule has 0 aliphatic rings. The Morgan fingerprint density at radius 3 is 2.33 bits per heavy atom. The number of hydrogen-bond donors (Lipinski definition) is 4. The van der Waals surface area contributed by atoms with E-state index in [2.05, 4.69) is 0 Å². The second kappa shape index (κ2) is 4.69. The summed E-state index contributed by atoms with van der Waals surface area (Å²) >= 11 is 0. The minimum atomic E-state index is -5.49. The lowest BCUT2D eigenvalue weighted by Gasteiger charge is -2.24. The summed E-state index contributed by atoms with van der Waals surface area (Å²) in [5, 5.41) is 9.65. The molecular formula is C8H13NO7PS+. The van der Waals surface area contributed by atoms with E-state index in [1.807, 2.05) is 0 Å². The van der Waals surface area contributed by atoms with Crippen LogP contribution in [-0.4, -0.2) is 32.5 Å². The maximum Gasteiger partial charge on any atom is 0.375 e. The Morgan fingerprint density at radius 2 is 1.94 bits per heavy atom. The summed E-state index contributed by atoms with van der Waals surface area (Å²) in [4.78, 5) is 17.9. The first-order valence-electron chi connectivity index (χ1n) is 4.67. The van der Waals surface area contributed by atoms with E-state index in [4.69, 9.17) is 14.3 Å². The highest BCUT2D eigenvalue weighted by Gasteiger charge is 2.58. The van der Waals surface area contributed by atoms with Gasteiger partial charge in [0.2, 0.25) is 0 Å². The third-order valence-corrected chi connectivity index (χ3v) is 5.89. The maximum atomic E-state index is 11.1. The van der Waals surface area contributed by atoms with Crippen molar-refractivity contribution in [2.45, 2.75) is 11.1 Å². The number of pyridine rings is 1. The Labute approximate surface area is 103 Å². The first-order chi connectivity index (χ1) is 7.99. The molecule has 0 spiro atoms. The average Bonchev–Trinajstić information content (AvgIpc) is 2.18. The van der Waals surface area contributed by atoms with Gasteiger partial charge in [-0.1, -0.05) is 6.07 Å². The van der Waals surface area contributed by atoms with Crippen LogP contribution >= 0.6 is 7.60 Å². The minimum Gasteiger partial charge on any atom is -0.363 e. The van der Waals surface area contributed by atoms with Crippen molar-refractivity contribution in [3.8, 4) is 0 Å². The Morgan fingerprint density at radius 1 is 1.39 bits per heavy atom. The van der Waals surface area contributed by atoms with Crippen molar-refractivity contribution in [3.05, 3.63) is 30.1 Å². The summed E-state index contributed by atoms with van der Waals surface area (Å²) in [6.45, 7) is 0. The van der Waals surface area contributed by atoms with Crippen LogP contribution in [0.1, 0.15) is 5.69 Å². The summed E-state index contributed by atoms with van der Waals surface area (Å²) in [5.41, 5.74) is 0.126. The van der Waals surface area contributed by atoms with E-state index in [1.165, 1.54) is 29.9 Å². The topological polar surface area (TPSA) is 136 Å². The highest BCUT2D eigenvalue weighted by molar-refractivity contribution is 7.94. The first-order valence-corrected chi connectivity index (χ1v) is 7.73. The van der Waals surface area contributed by atoms with E-state index in [1.54, 1.807) is 6.07 Å². The molecule has 0 saturated heterocycles. The molecule has 0 bridgehead atoms. The second-order valence-electron chi connectivity index (χ2n) is 3.74. The molecule has 10 heteroatoms. The zero-order valence-electron chi connectivity index (χ0n) is 9.33. The van der Waals surface area contributed by atoms with Gasteiger partial charge < -0.3 is 14.9 Å². The number of hydrogen-bond acceptors (Lipinski definition) is 4. The fraction of sp³-hybridized carbons (Fsp3) is 0.375. The van der Waals surface area contributed by atoms with Crippen LogP contribution in [0.25, 0.3) is 0 Å². The smallest absolute Gasteiger partial charge is 0.363 e. The molecule has 0 aliphatic heterocycles. The Kier molecular flexibility index (Phi) is 3.97. The number of aryl methyl sites for hydroxylation is 1. The van der Waals surface area contributed by atoms with Gasteiger partial charge in [-0.25, -0.2) is 4.57 Å². The molecule has 0 saturated carbocycles. The Balaban J connectivity index is 3.34. The maximum absolute atomic E-state index is 11.1. The molecule has 18 heavy (non-hydrogen) atoms. The molecule has 0 aliphatic carbocycles. The van der Waals surface area contributed by atoms with Crippen LogP contribution in [-0.2, 0) is 28.2 Å². The Bertz CT molecular complexity index is 595. The van der Waals surface area contributed by atoms with Gasteiger partial charge in [0.05, 0.1) is 6.42 Å². The van der Waals surface area contributed by atoms with Crippen molar-refractivity contribution in [1.82, 2.24) is 0 Å². The van der Waals surface area contributed by atoms with Crippen LogP contribution in [0, 0.1) is 0 Å². The molecule has 0 radical (unpaired) electrons. The van der Waals surface area contributed by atoms with Gasteiger partial charge in [-0.15, -0.1) is 0 Å². The van der Waals surface area contributed by atoms with Crippen molar-refractivity contribution >= 4 is 17.7 Å². The molecule has 8 nitrogen and oxygen atoms in total. The zero-order chi connectivity index (χ0) is 14.2. The van der Waals surface area contributed by atoms with E-state index in [0.717, 1.165) is 0 Å². The van der Waals surface area contributed by atoms with Gasteiger partial charge in [-0.2, -0.15) is 8.42 Å². The lowest BCUT2D eigenvalue weighted by atomic mass is 10.2. The van der Waals surface area contributed by atoms with E-state index >= 15 is 0 Å². The van der Waals surface area contributed by atoms with Crippen molar-refractivity contribution in [2.24, 2.45) is 7.05 Å². The van der Waals surface area contributed by atoms with E-state index in [9.17, 15) is 18.1 Å². The fourth-order valence-corrected chi connectivity index (χ4v) is 3.22. The van der Waals surface area contributed by atoms with Gasteiger partial charge in [0.25, 0.3) is 0 Å². The second-order valence-corrected chi connectivity index (χ2v) is 7.50. The SMILES string of the molecule is C[n+]1ccccc1CC(O)(P(=O)(O)O)S(=O)(=O)O. The molecule has 1 aromatic heterocycles. The monoisotopic (exact) mass is 298 g/mol. The largest absolute Gasteiger partial charge is 0.375 e. The summed E-state index contributed by atoms with van der Waals surface area (Å²) in [5.74, 6) is 0. The van der Waals surface area contributed by atoms with Gasteiger partial charge in [-0.3, -0.25) is 9.12 Å². The molecule has 1 rings (SSSR count). The highest BCUT2D eigenvalue weighted by atomic mass is 32.2. The minimum absolute atomic E-state index is 0.126. The van der Waals surface area contributed by atoms with Crippen LogP contribution in [0.5, 0.6) is 0 Å². The van der Waals surface area contributed by atoms with Crippen molar-refractivity contribution < 1.29 is 37.0 Å². The van der Waals surface area contributed by atoms with Gasteiger partial charge in [-0.05, 0) is 0 Å². The van der Waals surface area contributed by atoms with Crippen molar-refractivity contribution in [3.63, 3.8) is 0 Å². The van der Waals surface area contributed by atoms with Gasteiger partial charge >= 0.3 is 22.4 Å². The molecule has 0 amide bonds. The first kappa shape index (κ1) is 15.2. The Hall–Kier alpha value is -0.830. The van der Waals surface area contributed by atoms with Gasteiger partial charge in [0, 0.05) is 12.1 Å². The van der Waals surface area contributed by atoms with Crippen LogP contribution in [0.4, 0.5) is 0 Å². The number of aromatic nitrogens is 1. The van der Waals surface area contributed by atoms with E-state index < -0.39 is 28.8 Å². The zero-order valence-corrected chi connectivity index (χ0v) is 11.0. The van der Waals surface area contributed by atoms with Gasteiger partial charge in [0.15, 0.2) is 11.9 Å². The fourth-order valence-electron chi connectivity index (χ4n) is 1.32. The lowest BCUT2D eigenvalue weighted by Crippen LogP contribution is -2.44. The molecule has 0 fully saturated rings. The van der Waals surface area contributed by atoms with Crippen molar-refractivity contribution in [1.29, 1.82) is 0 Å².